The summed E-state index contributed by atoms with van der Waals surface area (Å²) in [7, 11) is 3.37. The minimum atomic E-state index is 0.0351. The van der Waals surface area contributed by atoms with Crippen LogP contribution in [0, 0.1) is 0 Å². The maximum Gasteiger partial charge on any atom is 0.254 e. The first-order valence-corrected chi connectivity index (χ1v) is 11.4. The van der Waals surface area contributed by atoms with Gasteiger partial charge in [-0.25, -0.2) is 4.98 Å². The molecule has 3 aromatic rings. The highest BCUT2D eigenvalue weighted by molar-refractivity contribution is 6.07. The number of methoxy groups -OCH3 is 2. The molecule has 3 heterocycles. The van der Waals surface area contributed by atoms with E-state index >= 15 is 0 Å². The van der Waals surface area contributed by atoms with E-state index in [1.54, 1.807) is 14.2 Å². The lowest BCUT2D eigenvalue weighted by Crippen LogP contribution is -2.40. The van der Waals surface area contributed by atoms with Gasteiger partial charge in [0.2, 0.25) is 0 Å². The van der Waals surface area contributed by atoms with E-state index in [9.17, 15) is 4.79 Å². The minimum Gasteiger partial charge on any atom is -0.497 e. The fourth-order valence-electron chi connectivity index (χ4n) is 4.89. The number of carbonyl (C=O) groups is 1. The third-order valence-electron chi connectivity index (χ3n) is 6.57. The van der Waals surface area contributed by atoms with Gasteiger partial charge in [0.15, 0.2) is 0 Å². The van der Waals surface area contributed by atoms with Gasteiger partial charge in [-0.1, -0.05) is 18.2 Å². The molecule has 0 unspecified atom stereocenters. The number of fused-ring (bicyclic) bond motifs is 1. The first-order chi connectivity index (χ1) is 16.2. The van der Waals surface area contributed by atoms with Crippen molar-refractivity contribution in [1.82, 2.24) is 9.88 Å². The van der Waals surface area contributed by atoms with Crippen molar-refractivity contribution in [2.24, 2.45) is 0 Å². The average Bonchev–Trinajstić information content (AvgIpc) is 3.37. The van der Waals surface area contributed by atoms with Crippen LogP contribution in [0.1, 0.15) is 34.8 Å². The molecule has 0 spiro atoms. The SMILES string of the molecule is COc1ccc(OC)c([C@@H]2CCCN2c2cc(C(=O)N3CCOCC3)c3ccccc3n2)c1. The number of hydrogen-bond donors (Lipinski definition) is 0. The first-order valence-electron chi connectivity index (χ1n) is 11.4. The summed E-state index contributed by atoms with van der Waals surface area (Å²) in [5, 5.41) is 0.882. The zero-order valence-electron chi connectivity index (χ0n) is 19.1. The van der Waals surface area contributed by atoms with Crippen LogP contribution in [0.15, 0.2) is 48.5 Å². The molecule has 0 saturated carbocycles. The van der Waals surface area contributed by atoms with Crippen LogP contribution >= 0.6 is 0 Å². The molecule has 172 valence electrons. The number of aromatic nitrogens is 1. The summed E-state index contributed by atoms with van der Waals surface area (Å²) in [6.45, 7) is 3.23. The Hall–Kier alpha value is -3.32. The zero-order chi connectivity index (χ0) is 22.8. The normalized spacial score (nSPS) is 18.5. The molecule has 1 aromatic heterocycles. The predicted molar refractivity (Wildman–Crippen MR) is 127 cm³/mol. The lowest BCUT2D eigenvalue weighted by atomic mass is 10.0. The molecule has 7 heteroatoms. The van der Waals surface area contributed by atoms with Crippen molar-refractivity contribution in [3.05, 3.63) is 59.7 Å². The number of benzene rings is 2. The van der Waals surface area contributed by atoms with Gasteiger partial charge in [-0.15, -0.1) is 0 Å². The molecule has 0 aliphatic carbocycles. The third-order valence-corrected chi connectivity index (χ3v) is 6.57. The number of carbonyl (C=O) groups excluding carboxylic acids is 1. The van der Waals surface area contributed by atoms with E-state index in [0.29, 0.717) is 31.9 Å². The van der Waals surface area contributed by atoms with Gasteiger partial charge in [-0.2, -0.15) is 0 Å². The Morgan fingerprint density at radius 2 is 1.85 bits per heavy atom. The number of morpholine rings is 1. The predicted octanol–water partition coefficient (Wildman–Crippen LogP) is 4.07. The van der Waals surface area contributed by atoms with E-state index in [-0.39, 0.29) is 11.9 Å². The summed E-state index contributed by atoms with van der Waals surface area (Å²) in [5.74, 6) is 2.48. The highest BCUT2D eigenvalue weighted by Gasteiger charge is 2.31. The van der Waals surface area contributed by atoms with Crippen molar-refractivity contribution in [2.45, 2.75) is 18.9 Å². The lowest BCUT2D eigenvalue weighted by Gasteiger charge is -2.30. The number of anilines is 1. The summed E-state index contributed by atoms with van der Waals surface area (Å²) >= 11 is 0. The second kappa shape index (κ2) is 9.27. The van der Waals surface area contributed by atoms with Crippen LogP contribution in [0.4, 0.5) is 5.82 Å². The lowest BCUT2D eigenvalue weighted by molar-refractivity contribution is 0.0304. The second-order valence-corrected chi connectivity index (χ2v) is 8.41. The topological polar surface area (TPSA) is 64.1 Å². The summed E-state index contributed by atoms with van der Waals surface area (Å²) < 4.78 is 16.6. The average molecular weight is 448 g/mol. The molecule has 1 atom stereocenters. The standard InChI is InChI=1S/C26H29N3O4/c1-31-18-9-10-24(32-2)21(16-18)23-8-5-11-29(23)25-17-20(19-6-3-4-7-22(19)27-25)26(30)28-12-14-33-15-13-28/h3-4,6-7,9-10,16-17,23H,5,8,11-15H2,1-2H3/t23-/m0/s1. The molecule has 2 aliphatic rings. The monoisotopic (exact) mass is 447 g/mol. The highest BCUT2D eigenvalue weighted by Crippen LogP contribution is 2.41. The van der Waals surface area contributed by atoms with Crippen molar-refractivity contribution in [2.75, 3.05) is 52.0 Å². The second-order valence-electron chi connectivity index (χ2n) is 8.41. The fraction of sp³-hybridized carbons (Fsp3) is 0.385. The summed E-state index contributed by atoms with van der Waals surface area (Å²) in [4.78, 5) is 22.6. The summed E-state index contributed by atoms with van der Waals surface area (Å²) in [5.41, 5.74) is 2.60. The van der Waals surface area contributed by atoms with Crippen molar-refractivity contribution in [3.8, 4) is 11.5 Å². The van der Waals surface area contributed by atoms with Gasteiger partial charge in [0, 0.05) is 30.6 Å². The quantitative estimate of drug-likeness (QED) is 0.588. The molecule has 0 radical (unpaired) electrons. The molecule has 1 amide bonds. The fourth-order valence-corrected chi connectivity index (χ4v) is 4.89. The molecule has 2 saturated heterocycles. The molecule has 2 fully saturated rings. The van der Waals surface area contributed by atoms with Crippen molar-refractivity contribution >= 4 is 22.6 Å². The molecule has 33 heavy (non-hydrogen) atoms. The molecule has 0 N–H and O–H groups in total. The van der Waals surface area contributed by atoms with Gasteiger partial charge >= 0.3 is 0 Å². The van der Waals surface area contributed by atoms with E-state index in [0.717, 1.165) is 53.2 Å². The molecule has 0 bridgehead atoms. The van der Waals surface area contributed by atoms with Crippen LogP contribution in [0.25, 0.3) is 10.9 Å². The number of amides is 1. The van der Waals surface area contributed by atoms with Crippen LogP contribution in [0.5, 0.6) is 11.5 Å². The minimum absolute atomic E-state index is 0.0351. The van der Waals surface area contributed by atoms with Crippen LogP contribution in [-0.2, 0) is 4.74 Å². The van der Waals surface area contributed by atoms with E-state index < -0.39 is 0 Å². The maximum atomic E-state index is 13.5. The Morgan fingerprint density at radius 3 is 2.64 bits per heavy atom. The van der Waals surface area contributed by atoms with Crippen LogP contribution in [0.2, 0.25) is 0 Å². The van der Waals surface area contributed by atoms with Gasteiger partial charge in [-0.3, -0.25) is 4.79 Å². The van der Waals surface area contributed by atoms with E-state index in [1.165, 1.54) is 0 Å². The zero-order valence-corrected chi connectivity index (χ0v) is 19.1. The number of rotatable bonds is 5. The number of hydrogen-bond acceptors (Lipinski definition) is 6. The molecule has 2 aliphatic heterocycles. The number of nitrogens with zero attached hydrogens (tertiary/aromatic N) is 3. The van der Waals surface area contributed by atoms with Crippen molar-refractivity contribution in [1.29, 1.82) is 0 Å². The summed E-state index contributed by atoms with van der Waals surface area (Å²) in [6.07, 6.45) is 2.01. The summed E-state index contributed by atoms with van der Waals surface area (Å²) in [6, 6.07) is 15.8. The molecule has 5 rings (SSSR count). The van der Waals surface area contributed by atoms with E-state index in [4.69, 9.17) is 19.2 Å². The number of pyridine rings is 1. The van der Waals surface area contributed by atoms with Gasteiger partial charge in [-0.05, 0) is 43.2 Å². The maximum absolute atomic E-state index is 13.5. The van der Waals surface area contributed by atoms with E-state index in [1.807, 2.05) is 53.4 Å². The molecular weight excluding hydrogens is 418 g/mol. The van der Waals surface area contributed by atoms with Gasteiger partial charge < -0.3 is 24.0 Å². The Balaban J connectivity index is 1.58. The Kier molecular flexibility index (Phi) is 6.05. The van der Waals surface area contributed by atoms with Crippen molar-refractivity contribution in [3.63, 3.8) is 0 Å². The Morgan fingerprint density at radius 1 is 1.03 bits per heavy atom. The van der Waals surface area contributed by atoms with Gasteiger partial charge in [0.1, 0.15) is 17.3 Å². The van der Waals surface area contributed by atoms with Crippen LogP contribution < -0.4 is 14.4 Å². The number of para-hydroxylation sites is 1. The van der Waals surface area contributed by atoms with Gasteiger partial charge in [0.05, 0.1) is 44.6 Å². The van der Waals surface area contributed by atoms with E-state index in [2.05, 4.69) is 4.90 Å². The molecule has 7 nitrogen and oxygen atoms in total. The molecular formula is C26H29N3O4. The number of ether oxygens (including phenoxy) is 3. The largest absolute Gasteiger partial charge is 0.497 e. The molecule has 2 aromatic carbocycles. The highest BCUT2D eigenvalue weighted by atomic mass is 16.5. The van der Waals surface area contributed by atoms with Crippen molar-refractivity contribution < 1.29 is 19.0 Å². The Bertz CT molecular complexity index is 1160. The van der Waals surface area contributed by atoms with Gasteiger partial charge in [0.25, 0.3) is 5.91 Å². The first kappa shape index (κ1) is 21.5. The van der Waals surface area contributed by atoms with Crippen LogP contribution in [0.3, 0.4) is 0 Å². The third kappa shape index (κ3) is 4.09. The smallest absolute Gasteiger partial charge is 0.254 e. The van der Waals surface area contributed by atoms with Crippen LogP contribution in [-0.4, -0.2) is 62.9 Å². The Labute approximate surface area is 193 Å².